The highest BCUT2D eigenvalue weighted by atomic mass is 32.2. The summed E-state index contributed by atoms with van der Waals surface area (Å²) in [6, 6.07) is 22.6. The third-order valence-electron chi connectivity index (χ3n) is 7.52. The number of aromatic carboxylic acids is 1. The molecule has 0 radical (unpaired) electrons. The van der Waals surface area contributed by atoms with Gasteiger partial charge in [-0.3, -0.25) is 14.1 Å². The number of carboxylic acids is 1. The normalized spacial score (nSPS) is 12.3. The van der Waals surface area contributed by atoms with Crippen LogP contribution in [-0.4, -0.2) is 46.8 Å². The standard InChI is InChI=1S/C34H24N6O9S/c35-30-27(50(47,48)49)16-25(28-29(30)32(43)23-4-2-1-3-22(23)31(28)42)36-17-5-7-18(8-6-17)37-34(46)38-19-9-11-20(12-10-19)39-40-21-13-14-26(41)24(15-21)33(44)45/h1-16,36,41H,35H2,(H,44,45)(H2,37,38,46)(H,47,48,49). The second kappa shape index (κ2) is 12.9. The number of rotatable bonds is 8. The van der Waals surface area contributed by atoms with Crippen LogP contribution < -0.4 is 21.7 Å². The Bertz CT molecular complexity index is 2380. The first kappa shape index (κ1) is 33.0. The van der Waals surface area contributed by atoms with Crippen LogP contribution in [0.2, 0.25) is 0 Å². The lowest BCUT2D eigenvalue weighted by Crippen LogP contribution is -2.25. The number of carboxylic acid groups (broad SMARTS) is 1. The maximum atomic E-state index is 13.5. The van der Waals surface area contributed by atoms with Gasteiger partial charge >= 0.3 is 12.0 Å². The summed E-state index contributed by atoms with van der Waals surface area (Å²) in [5.74, 6) is -2.94. The molecule has 250 valence electrons. The van der Waals surface area contributed by atoms with E-state index >= 15 is 0 Å². The number of benzene rings is 5. The lowest BCUT2D eigenvalue weighted by Gasteiger charge is -2.23. The number of carbonyl (C=O) groups is 4. The number of anilines is 5. The quantitative estimate of drug-likeness (QED) is 0.0515. The van der Waals surface area contributed by atoms with Gasteiger partial charge in [-0.2, -0.15) is 18.6 Å². The summed E-state index contributed by atoms with van der Waals surface area (Å²) in [7, 11) is -4.89. The van der Waals surface area contributed by atoms with Crippen LogP contribution in [-0.2, 0) is 10.1 Å². The fourth-order valence-corrected chi connectivity index (χ4v) is 5.82. The lowest BCUT2D eigenvalue weighted by atomic mass is 9.82. The van der Waals surface area contributed by atoms with Gasteiger partial charge in [0.15, 0.2) is 11.6 Å². The van der Waals surface area contributed by atoms with Crippen LogP contribution in [0.4, 0.5) is 44.6 Å². The van der Waals surface area contributed by atoms with Crippen molar-refractivity contribution in [1.29, 1.82) is 0 Å². The molecule has 5 aromatic carbocycles. The minimum atomic E-state index is -4.89. The third-order valence-corrected chi connectivity index (χ3v) is 8.41. The van der Waals surface area contributed by atoms with Gasteiger partial charge in [0.05, 0.1) is 33.9 Å². The molecular formula is C34H24N6O9S. The summed E-state index contributed by atoms with van der Waals surface area (Å²) in [4.78, 5) is 50.0. The van der Waals surface area contributed by atoms with Crippen molar-refractivity contribution in [3.63, 3.8) is 0 Å². The molecule has 16 heteroatoms. The molecule has 2 amide bonds. The predicted octanol–water partition coefficient (Wildman–Crippen LogP) is 6.50. The molecule has 0 bridgehead atoms. The summed E-state index contributed by atoms with van der Waals surface area (Å²) < 4.78 is 34.2. The van der Waals surface area contributed by atoms with Crippen molar-refractivity contribution in [2.75, 3.05) is 21.7 Å². The Balaban J connectivity index is 1.15. The van der Waals surface area contributed by atoms with Gasteiger partial charge in [-0.1, -0.05) is 24.3 Å². The number of ketones is 2. The van der Waals surface area contributed by atoms with E-state index in [1.54, 1.807) is 36.4 Å². The minimum absolute atomic E-state index is 0.0496. The van der Waals surface area contributed by atoms with E-state index in [0.29, 0.717) is 22.7 Å². The molecule has 6 rings (SSSR count). The van der Waals surface area contributed by atoms with Crippen molar-refractivity contribution in [3.05, 3.63) is 125 Å². The van der Waals surface area contributed by atoms with E-state index in [2.05, 4.69) is 26.2 Å². The number of nitrogens with one attached hydrogen (secondary N) is 3. The molecule has 0 atom stereocenters. The van der Waals surface area contributed by atoms with E-state index in [1.807, 2.05) is 0 Å². The largest absolute Gasteiger partial charge is 0.507 e. The molecule has 15 nitrogen and oxygen atoms in total. The Morgan fingerprint density at radius 1 is 0.700 bits per heavy atom. The average Bonchev–Trinajstić information content (AvgIpc) is 3.08. The first-order valence-electron chi connectivity index (χ1n) is 14.5. The van der Waals surface area contributed by atoms with Gasteiger partial charge in [-0.25, -0.2) is 9.59 Å². The zero-order valence-electron chi connectivity index (χ0n) is 25.4. The van der Waals surface area contributed by atoms with E-state index in [1.165, 1.54) is 54.6 Å². The fraction of sp³-hybridized carbons (Fsp3) is 0. The molecule has 0 unspecified atom stereocenters. The Morgan fingerprint density at radius 2 is 1.22 bits per heavy atom. The van der Waals surface area contributed by atoms with E-state index < -0.39 is 50.0 Å². The van der Waals surface area contributed by atoms with Crippen LogP contribution in [0.15, 0.2) is 112 Å². The number of nitrogen functional groups attached to an aromatic ring is 1. The van der Waals surface area contributed by atoms with Gasteiger partial charge in [0.2, 0.25) is 0 Å². The number of hydrogen-bond acceptors (Lipinski definition) is 11. The summed E-state index contributed by atoms with van der Waals surface area (Å²) in [5.41, 5.74) is 6.51. The molecule has 5 aromatic rings. The average molecular weight is 693 g/mol. The number of nitrogens with two attached hydrogens (primary N) is 1. The molecular weight excluding hydrogens is 668 g/mol. The highest BCUT2D eigenvalue weighted by Crippen LogP contribution is 2.40. The molecule has 0 saturated heterocycles. The number of urea groups is 1. The van der Waals surface area contributed by atoms with Crippen molar-refractivity contribution in [2.45, 2.75) is 4.90 Å². The smallest absolute Gasteiger partial charge is 0.339 e. The highest BCUT2D eigenvalue weighted by Gasteiger charge is 2.36. The molecule has 50 heavy (non-hydrogen) atoms. The van der Waals surface area contributed by atoms with Gasteiger partial charge in [0.25, 0.3) is 10.1 Å². The number of nitrogens with zero attached hydrogens (tertiary/aromatic N) is 2. The van der Waals surface area contributed by atoms with E-state index in [0.717, 1.165) is 6.07 Å². The molecule has 0 aromatic heterocycles. The van der Waals surface area contributed by atoms with Crippen LogP contribution in [0.3, 0.4) is 0 Å². The molecule has 0 fully saturated rings. The Morgan fingerprint density at radius 3 is 1.80 bits per heavy atom. The van der Waals surface area contributed by atoms with E-state index in [4.69, 9.17) is 10.8 Å². The highest BCUT2D eigenvalue weighted by molar-refractivity contribution is 7.86. The van der Waals surface area contributed by atoms with Gasteiger partial charge in [0, 0.05) is 28.2 Å². The Kier molecular flexibility index (Phi) is 8.55. The van der Waals surface area contributed by atoms with E-state index in [9.17, 15) is 37.3 Å². The van der Waals surface area contributed by atoms with Crippen molar-refractivity contribution in [3.8, 4) is 5.75 Å². The third kappa shape index (κ3) is 6.59. The molecule has 1 aliphatic rings. The monoisotopic (exact) mass is 692 g/mol. The lowest BCUT2D eigenvalue weighted by molar-refractivity contribution is 0.0693. The van der Waals surface area contributed by atoms with Gasteiger partial charge in [-0.15, -0.1) is 0 Å². The van der Waals surface area contributed by atoms with Crippen molar-refractivity contribution >= 4 is 73.5 Å². The zero-order chi connectivity index (χ0) is 35.7. The van der Waals surface area contributed by atoms with Crippen molar-refractivity contribution in [2.24, 2.45) is 10.2 Å². The summed E-state index contributed by atoms with van der Waals surface area (Å²) in [6.07, 6.45) is 0. The maximum absolute atomic E-state index is 13.5. The Hall–Kier alpha value is -6.91. The number of fused-ring (bicyclic) bond motifs is 2. The Labute approximate surface area is 282 Å². The second-order valence-corrected chi connectivity index (χ2v) is 12.2. The number of hydrogen-bond donors (Lipinski definition) is 7. The number of carbonyl (C=O) groups excluding carboxylic acids is 3. The summed E-state index contributed by atoms with van der Waals surface area (Å²) in [6.45, 7) is 0. The fourth-order valence-electron chi connectivity index (χ4n) is 5.18. The van der Waals surface area contributed by atoms with Crippen LogP contribution in [0, 0.1) is 0 Å². The second-order valence-electron chi connectivity index (χ2n) is 10.8. The maximum Gasteiger partial charge on any atom is 0.339 e. The topological polar surface area (TPSA) is 250 Å². The SMILES string of the molecule is Nc1c(S(=O)(=O)O)cc(Nc2ccc(NC(=O)Nc3ccc(N=Nc4ccc(O)c(C(=O)O)c4)cc3)cc2)c2c1C(=O)c1ccccc1C2=O. The van der Waals surface area contributed by atoms with Crippen LogP contribution in [0.1, 0.15) is 42.2 Å². The minimum Gasteiger partial charge on any atom is -0.507 e. The molecule has 0 aliphatic heterocycles. The number of aromatic hydroxyl groups is 1. The number of phenols is 1. The molecule has 8 N–H and O–H groups in total. The van der Waals surface area contributed by atoms with Crippen LogP contribution in [0.5, 0.6) is 5.75 Å². The van der Waals surface area contributed by atoms with Gasteiger partial charge in [-0.05, 0) is 72.8 Å². The number of amides is 2. The van der Waals surface area contributed by atoms with Crippen molar-refractivity contribution in [1.82, 2.24) is 0 Å². The van der Waals surface area contributed by atoms with Crippen molar-refractivity contribution < 1.29 is 42.4 Å². The van der Waals surface area contributed by atoms with Gasteiger partial charge in [0.1, 0.15) is 16.2 Å². The van der Waals surface area contributed by atoms with Gasteiger partial charge < -0.3 is 31.9 Å². The first-order chi connectivity index (χ1) is 23.8. The van der Waals surface area contributed by atoms with E-state index in [-0.39, 0.29) is 39.2 Å². The summed E-state index contributed by atoms with van der Waals surface area (Å²) in [5, 5.41) is 35.0. The molecule has 1 aliphatic carbocycles. The molecule has 0 heterocycles. The zero-order valence-corrected chi connectivity index (χ0v) is 26.2. The number of azo groups is 1. The predicted molar refractivity (Wildman–Crippen MR) is 182 cm³/mol. The summed E-state index contributed by atoms with van der Waals surface area (Å²) >= 11 is 0. The first-order valence-corrected chi connectivity index (χ1v) is 15.9. The van der Waals surface area contributed by atoms with Crippen LogP contribution >= 0.6 is 0 Å². The van der Waals surface area contributed by atoms with Crippen LogP contribution in [0.25, 0.3) is 0 Å². The molecule has 0 saturated carbocycles. The molecule has 0 spiro atoms.